The zero-order chi connectivity index (χ0) is 20.1. The molecule has 0 aliphatic carbocycles. The summed E-state index contributed by atoms with van der Waals surface area (Å²) in [4.78, 5) is 12.4. The van der Waals surface area contributed by atoms with E-state index in [0.717, 1.165) is 6.26 Å². The average Bonchev–Trinajstić information content (AvgIpc) is 3.30. The Morgan fingerprint density at radius 3 is 2.64 bits per heavy atom. The lowest BCUT2D eigenvalue weighted by Crippen LogP contribution is -2.14. The second-order valence-corrected chi connectivity index (χ2v) is 8.77. The number of amides is 1. The number of aromatic nitrogens is 3. The van der Waals surface area contributed by atoms with Crippen molar-refractivity contribution >= 4 is 33.2 Å². The SMILES string of the molecule is C=CCn1c(SCC(=O)Nc2ccc(S(C)(=O)=O)cc2)nnc1-c1ccco1. The van der Waals surface area contributed by atoms with Crippen molar-refractivity contribution in [3.05, 3.63) is 55.3 Å². The highest BCUT2D eigenvalue weighted by molar-refractivity contribution is 7.99. The second-order valence-electron chi connectivity index (χ2n) is 5.82. The van der Waals surface area contributed by atoms with Gasteiger partial charge in [-0.2, -0.15) is 0 Å². The zero-order valence-electron chi connectivity index (χ0n) is 15.0. The molecule has 3 aromatic rings. The van der Waals surface area contributed by atoms with Gasteiger partial charge in [0.1, 0.15) is 0 Å². The summed E-state index contributed by atoms with van der Waals surface area (Å²) in [6.45, 7) is 4.21. The predicted molar refractivity (Wildman–Crippen MR) is 107 cm³/mol. The minimum atomic E-state index is -3.27. The van der Waals surface area contributed by atoms with Crippen molar-refractivity contribution in [3.63, 3.8) is 0 Å². The maximum Gasteiger partial charge on any atom is 0.234 e. The van der Waals surface area contributed by atoms with Crippen LogP contribution in [-0.4, -0.2) is 41.1 Å². The summed E-state index contributed by atoms with van der Waals surface area (Å²) in [5, 5.41) is 11.6. The van der Waals surface area contributed by atoms with Crippen molar-refractivity contribution in [3.8, 4) is 11.6 Å². The van der Waals surface area contributed by atoms with Crippen LogP contribution in [0.25, 0.3) is 11.6 Å². The third kappa shape index (κ3) is 4.70. The summed E-state index contributed by atoms with van der Waals surface area (Å²) >= 11 is 1.23. The van der Waals surface area contributed by atoms with E-state index in [-0.39, 0.29) is 16.6 Å². The van der Waals surface area contributed by atoms with Gasteiger partial charge in [-0.15, -0.1) is 16.8 Å². The summed E-state index contributed by atoms with van der Waals surface area (Å²) in [6.07, 6.45) is 4.40. The Morgan fingerprint density at radius 2 is 2.04 bits per heavy atom. The number of sulfone groups is 1. The van der Waals surface area contributed by atoms with Crippen molar-refractivity contribution in [2.75, 3.05) is 17.3 Å². The summed E-state index contributed by atoms with van der Waals surface area (Å²) < 4.78 is 30.1. The summed E-state index contributed by atoms with van der Waals surface area (Å²) in [6, 6.07) is 9.55. The number of nitrogens with one attached hydrogen (secondary N) is 1. The van der Waals surface area contributed by atoms with E-state index in [1.165, 1.54) is 23.9 Å². The van der Waals surface area contributed by atoms with E-state index < -0.39 is 9.84 Å². The quantitative estimate of drug-likeness (QED) is 0.443. The molecule has 1 amide bonds. The van der Waals surface area contributed by atoms with Crippen molar-refractivity contribution in [1.82, 2.24) is 14.8 Å². The molecule has 8 nitrogen and oxygen atoms in total. The number of nitrogens with zero attached hydrogens (tertiary/aromatic N) is 3. The molecule has 0 aliphatic rings. The number of furan rings is 1. The molecule has 0 saturated heterocycles. The molecular weight excluding hydrogens is 400 g/mol. The Balaban J connectivity index is 1.65. The van der Waals surface area contributed by atoms with Crippen LogP contribution in [0.2, 0.25) is 0 Å². The topological polar surface area (TPSA) is 107 Å². The Labute approximate surface area is 166 Å². The van der Waals surface area contributed by atoms with Crippen LogP contribution in [0.1, 0.15) is 0 Å². The maximum absolute atomic E-state index is 12.2. The predicted octanol–water partition coefficient (Wildman–Crippen LogP) is 2.86. The van der Waals surface area contributed by atoms with Gasteiger partial charge in [0.15, 0.2) is 20.8 Å². The molecule has 0 radical (unpaired) electrons. The van der Waals surface area contributed by atoms with Gasteiger partial charge in [-0.05, 0) is 36.4 Å². The Morgan fingerprint density at radius 1 is 1.29 bits per heavy atom. The molecule has 2 aromatic heterocycles. The van der Waals surface area contributed by atoms with Crippen molar-refractivity contribution in [2.45, 2.75) is 16.6 Å². The van der Waals surface area contributed by atoms with Gasteiger partial charge in [0.25, 0.3) is 0 Å². The molecule has 0 spiro atoms. The maximum atomic E-state index is 12.2. The molecule has 0 aliphatic heterocycles. The number of hydrogen-bond acceptors (Lipinski definition) is 7. The van der Waals surface area contributed by atoms with Gasteiger partial charge < -0.3 is 9.73 Å². The Kier molecular flexibility index (Phi) is 6.00. The molecule has 10 heteroatoms. The molecule has 0 atom stereocenters. The van der Waals surface area contributed by atoms with Crippen molar-refractivity contribution < 1.29 is 17.6 Å². The van der Waals surface area contributed by atoms with Crippen LogP contribution in [0.4, 0.5) is 5.69 Å². The van der Waals surface area contributed by atoms with Crippen LogP contribution in [-0.2, 0) is 21.2 Å². The average molecular weight is 419 g/mol. The second kappa shape index (κ2) is 8.44. The fourth-order valence-electron chi connectivity index (χ4n) is 2.39. The minimum Gasteiger partial charge on any atom is -0.461 e. The summed E-state index contributed by atoms with van der Waals surface area (Å²) in [5.74, 6) is 1.01. The Bertz CT molecular complexity index is 1070. The number of carbonyl (C=O) groups is 1. The molecular formula is C18H18N4O4S2. The van der Waals surface area contributed by atoms with Gasteiger partial charge in [-0.3, -0.25) is 9.36 Å². The molecule has 0 fully saturated rings. The van der Waals surface area contributed by atoms with Crippen LogP contribution in [0.3, 0.4) is 0 Å². The molecule has 146 valence electrons. The molecule has 0 bridgehead atoms. The van der Waals surface area contributed by atoms with Gasteiger partial charge in [0.05, 0.1) is 16.9 Å². The third-order valence-corrected chi connectivity index (χ3v) is 5.76. The van der Waals surface area contributed by atoms with Crippen LogP contribution >= 0.6 is 11.8 Å². The van der Waals surface area contributed by atoms with Crippen molar-refractivity contribution in [2.24, 2.45) is 0 Å². The van der Waals surface area contributed by atoms with Gasteiger partial charge in [0, 0.05) is 18.5 Å². The van der Waals surface area contributed by atoms with E-state index in [1.807, 2.05) is 4.57 Å². The molecule has 0 saturated carbocycles. The Hall–Kier alpha value is -2.85. The lowest BCUT2D eigenvalue weighted by molar-refractivity contribution is -0.113. The van der Waals surface area contributed by atoms with E-state index in [4.69, 9.17) is 4.42 Å². The van der Waals surface area contributed by atoms with Crippen LogP contribution < -0.4 is 5.32 Å². The highest BCUT2D eigenvalue weighted by atomic mass is 32.2. The van der Waals surface area contributed by atoms with Gasteiger partial charge in [-0.1, -0.05) is 17.8 Å². The van der Waals surface area contributed by atoms with E-state index in [1.54, 1.807) is 36.6 Å². The standard InChI is InChI=1S/C18H18N4O4S2/c1-3-10-22-17(15-5-4-11-26-15)20-21-18(22)27-12-16(23)19-13-6-8-14(9-7-13)28(2,24)25/h3-9,11H,1,10,12H2,2H3,(H,19,23). The number of hydrogen-bond donors (Lipinski definition) is 1. The van der Waals surface area contributed by atoms with E-state index >= 15 is 0 Å². The molecule has 0 unspecified atom stereocenters. The molecule has 2 heterocycles. The first-order valence-corrected chi connectivity index (χ1v) is 11.1. The molecule has 1 aromatic carbocycles. The number of allylic oxidation sites excluding steroid dienone is 1. The zero-order valence-corrected chi connectivity index (χ0v) is 16.7. The van der Waals surface area contributed by atoms with Crippen LogP contribution in [0.5, 0.6) is 0 Å². The summed E-state index contributed by atoms with van der Waals surface area (Å²) in [7, 11) is -3.27. The van der Waals surface area contributed by atoms with Crippen LogP contribution in [0, 0.1) is 0 Å². The first-order valence-electron chi connectivity index (χ1n) is 8.19. The fraction of sp³-hybridized carbons (Fsp3) is 0.167. The van der Waals surface area contributed by atoms with Crippen molar-refractivity contribution in [1.29, 1.82) is 0 Å². The molecule has 28 heavy (non-hydrogen) atoms. The van der Waals surface area contributed by atoms with Gasteiger partial charge >= 0.3 is 0 Å². The minimum absolute atomic E-state index is 0.112. The third-order valence-electron chi connectivity index (χ3n) is 3.67. The number of rotatable bonds is 8. The first kappa shape index (κ1) is 19.9. The first-order chi connectivity index (χ1) is 13.4. The van der Waals surface area contributed by atoms with E-state index in [0.29, 0.717) is 29.0 Å². The highest BCUT2D eigenvalue weighted by Crippen LogP contribution is 2.24. The van der Waals surface area contributed by atoms with E-state index in [2.05, 4.69) is 22.1 Å². The number of anilines is 1. The smallest absolute Gasteiger partial charge is 0.234 e. The lowest BCUT2D eigenvalue weighted by atomic mass is 10.3. The fourth-order valence-corrected chi connectivity index (χ4v) is 3.77. The monoisotopic (exact) mass is 418 g/mol. The largest absolute Gasteiger partial charge is 0.461 e. The normalized spacial score (nSPS) is 11.3. The molecule has 3 rings (SSSR count). The highest BCUT2D eigenvalue weighted by Gasteiger charge is 2.16. The van der Waals surface area contributed by atoms with Gasteiger partial charge in [-0.25, -0.2) is 8.42 Å². The summed E-state index contributed by atoms with van der Waals surface area (Å²) in [5.41, 5.74) is 0.516. The number of carbonyl (C=O) groups excluding carboxylic acids is 1. The van der Waals surface area contributed by atoms with E-state index in [9.17, 15) is 13.2 Å². The number of benzene rings is 1. The van der Waals surface area contributed by atoms with Gasteiger partial charge in [0.2, 0.25) is 11.7 Å². The lowest BCUT2D eigenvalue weighted by Gasteiger charge is -2.07. The molecule has 1 N–H and O–H groups in total. The van der Waals surface area contributed by atoms with Crippen LogP contribution in [0.15, 0.2) is 69.8 Å². The number of thioether (sulfide) groups is 1.